The second-order valence-electron chi connectivity index (χ2n) is 8.35. The van der Waals surface area contributed by atoms with Crippen LogP contribution >= 0.6 is 0 Å². The first-order valence-corrected chi connectivity index (χ1v) is 10.2. The van der Waals surface area contributed by atoms with Gasteiger partial charge in [0.25, 0.3) is 0 Å². The number of carbonyl (C=O) groups is 1. The molecule has 0 bridgehead atoms. The third-order valence-corrected chi connectivity index (χ3v) is 5.83. The van der Waals surface area contributed by atoms with Gasteiger partial charge < -0.3 is 9.80 Å². The van der Waals surface area contributed by atoms with Crippen molar-refractivity contribution < 1.29 is 4.79 Å². The fraction of sp³-hybridized carbons (Fsp3) is 0.320. The van der Waals surface area contributed by atoms with Crippen molar-refractivity contribution in [3.8, 4) is 0 Å². The van der Waals surface area contributed by atoms with Crippen LogP contribution in [0.3, 0.4) is 0 Å². The Bertz CT molecular complexity index is 1040. The number of nitrogens with zero attached hydrogens (tertiary/aromatic N) is 3. The summed E-state index contributed by atoms with van der Waals surface area (Å²) in [5.41, 5.74) is 5.61. The largest absolute Gasteiger partial charge is 0.370 e. The number of likely N-dealkylation sites (N-methyl/N-ethyl adjacent to an activating group) is 1. The lowest BCUT2D eigenvalue weighted by atomic mass is 9.96. The molecule has 1 aromatic heterocycles. The van der Waals surface area contributed by atoms with E-state index in [0.29, 0.717) is 0 Å². The fourth-order valence-corrected chi connectivity index (χ4v) is 4.00. The highest BCUT2D eigenvalue weighted by atomic mass is 16.2. The van der Waals surface area contributed by atoms with Crippen LogP contribution in [0.2, 0.25) is 0 Å². The number of aryl methyl sites for hydroxylation is 1. The lowest BCUT2D eigenvalue weighted by molar-refractivity contribution is 0.0680. The van der Waals surface area contributed by atoms with Crippen LogP contribution in [0.15, 0.2) is 61.3 Å². The van der Waals surface area contributed by atoms with Crippen LogP contribution in [0.4, 0.5) is 0 Å². The zero-order chi connectivity index (χ0) is 20.5. The Morgan fingerprint density at radius 2 is 1.86 bits per heavy atom. The Hall–Kier alpha value is -2.85. The Labute approximate surface area is 173 Å². The number of likely N-dealkylation sites (tertiary alicyclic amines) is 1. The first-order valence-electron chi connectivity index (χ1n) is 10.2. The van der Waals surface area contributed by atoms with Gasteiger partial charge in [-0.3, -0.25) is 9.36 Å². The number of hydrogen-bond acceptors (Lipinski definition) is 3. The molecule has 150 valence electrons. The smallest absolute Gasteiger partial charge is 0.237 e. The molecule has 0 aliphatic carbocycles. The molecule has 0 atom stereocenters. The maximum atomic E-state index is 13.3. The maximum Gasteiger partial charge on any atom is 0.237 e. The third-order valence-electron chi connectivity index (χ3n) is 5.83. The molecule has 1 aliphatic heterocycles. The summed E-state index contributed by atoms with van der Waals surface area (Å²) in [4.78, 5) is 17.7. The van der Waals surface area contributed by atoms with Crippen molar-refractivity contribution in [2.24, 2.45) is 5.92 Å². The van der Waals surface area contributed by atoms with Crippen molar-refractivity contribution in [3.63, 3.8) is 0 Å². The van der Waals surface area contributed by atoms with Crippen LogP contribution in [0.1, 0.15) is 21.5 Å². The lowest BCUT2D eigenvalue weighted by Crippen LogP contribution is -2.50. The van der Waals surface area contributed by atoms with Crippen molar-refractivity contribution in [2.75, 3.05) is 33.7 Å². The van der Waals surface area contributed by atoms with Gasteiger partial charge in [-0.05, 0) is 50.7 Å². The number of carbonyl (C=O) groups excluding carboxylic acids is 1. The van der Waals surface area contributed by atoms with E-state index in [1.54, 1.807) is 0 Å². The zero-order valence-corrected chi connectivity index (χ0v) is 17.6. The van der Waals surface area contributed by atoms with Crippen molar-refractivity contribution >= 4 is 22.5 Å². The van der Waals surface area contributed by atoms with Gasteiger partial charge in [-0.2, -0.15) is 0 Å². The molecular formula is C25H29N3O. The van der Waals surface area contributed by atoms with Crippen LogP contribution in [0, 0.1) is 12.8 Å². The normalized spacial score (nSPS) is 14.4. The van der Waals surface area contributed by atoms with E-state index in [4.69, 9.17) is 0 Å². The molecule has 0 spiro atoms. The van der Waals surface area contributed by atoms with Crippen molar-refractivity contribution in [1.29, 1.82) is 0 Å². The highest BCUT2D eigenvalue weighted by molar-refractivity contribution is 5.96. The molecule has 1 aliphatic rings. The topological polar surface area (TPSA) is 28.5 Å². The van der Waals surface area contributed by atoms with E-state index >= 15 is 0 Å². The van der Waals surface area contributed by atoms with Crippen LogP contribution < -0.4 is 0 Å². The molecule has 0 unspecified atom stereocenters. The summed E-state index contributed by atoms with van der Waals surface area (Å²) in [7, 11) is 4.16. The summed E-state index contributed by atoms with van der Waals surface area (Å²) in [5.74, 6) is 0.195. The predicted octanol–water partition coefficient (Wildman–Crippen LogP) is 4.30. The molecule has 0 amide bonds. The summed E-state index contributed by atoms with van der Waals surface area (Å²) in [6, 6.07) is 16.6. The zero-order valence-electron chi connectivity index (χ0n) is 17.6. The summed E-state index contributed by atoms with van der Waals surface area (Å²) < 4.78 is 1.88. The molecule has 2 aromatic carbocycles. The van der Waals surface area contributed by atoms with E-state index in [2.05, 4.69) is 73.9 Å². The molecule has 0 N–H and O–H groups in total. The first-order chi connectivity index (χ1) is 13.9. The molecule has 0 saturated carbocycles. The maximum absolute atomic E-state index is 13.3. The van der Waals surface area contributed by atoms with Crippen LogP contribution in [0.5, 0.6) is 0 Å². The minimum Gasteiger partial charge on any atom is -0.370 e. The summed E-state index contributed by atoms with van der Waals surface area (Å²) >= 11 is 0. The molecule has 4 nitrogen and oxygen atoms in total. The average Bonchev–Trinajstić information content (AvgIpc) is 3.03. The fourth-order valence-electron chi connectivity index (χ4n) is 4.00. The molecule has 4 rings (SSSR count). The van der Waals surface area contributed by atoms with Crippen LogP contribution in [0.25, 0.3) is 16.6 Å². The van der Waals surface area contributed by atoms with E-state index < -0.39 is 0 Å². The molecule has 2 heterocycles. The second kappa shape index (κ2) is 7.88. The summed E-state index contributed by atoms with van der Waals surface area (Å²) in [6.07, 6.45) is 3.00. The number of aromatic nitrogens is 1. The van der Waals surface area contributed by atoms with Crippen LogP contribution in [-0.2, 0) is 6.42 Å². The van der Waals surface area contributed by atoms with Crippen molar-refractivity contribution in [2.45, 2.75) is 13.3 Å². The van der Waals surface area contributed by atoms with Gasteiger partial charge in [-0.15, -0.1) is 0 Å². The van der Waals surface area contributed by atoms with E-state index in [0.717, 1.165) is 42.8 Å². The molecule has 0 radical (unpaired) electrons. The molecular weight excluding hydrogens is 358 g/mol. The standard InChI is InChI=1S/C25H29N3O/c1-18-10-11-24-23(14-18)21(12-13-26(3)4)17-28(24)25(29)22-15-27(16-22)19(2)20-8-6-5-7-9-20/h5-11,14,17,22H,2,12-13,15-16H2,1,3-4H3. The van der Waals surface area contributed by atoms with Gasteiger partial charge in [-0.25, -0.2) is 0 Å². The Morgan fingerprint density at radius 1 is 1.14 bits per heavy atom. The quantitative estimate of drug-likeness (QED) is 0.631. The van der Waals surface area contributed by atoms with Gasteiger partial charge in [0.2, 0.25) is 5.91 Å². The van der Waals surface area contributed by atoms with E-state index in [-0.39, 0.29) is 11.8 Å². The monoisotopic (exact) mass is 387 g/mol. The number of benzene rings is 2. The Balaban J connectivity index is 1.53. The lowest BCUT2D eigenvalue weighted by Gasteiger charge is -2.41. The Kier molecular flexibility index (Phi) is 5.29. The number of fused-ring (bicyclic) bond motifs is 1. The number of hydrogen-bond donors (Lipinski definition) is 0. The Morgan fingerprint density at radius 3 is 2.55 bits per heavy atom. The van der Waals surface area contributed by atoms with E-state index in [9.17, 15) is 4.79 Å². The SMILES string of the molecule is C=C(c1ccccc1)N1CC(C(=O)n2cc(CCN(C)C)c3cc(C)ccc32)C1. The van der Waals surface area contributed by atoms with E-state index in [1.165, 1.54) is 16.5 Å². The highest BCUT2D eigenvalue weighted by Gasteiger charge is 2.35. The van der Waals surface area contributed by atoms with Gasteiger partial charge in [0, 0.05) is 36.9 Å². The van der Waals surface area contributed by atoms with E-state index in [1.807, 2.05) is 22.8 Å². The van der Waals surface area contributed by atoms with Gasteiger partial charge in [0.15, 0.2) is 0 Å². The number of rotatable bonds is 6. The van der Waals surface area contributed by atoms with Crippen LogP contribution in [-0.4, -0.2) is 54.0 Å². The second-order valence-corrected chi connectivity index (χ2v) is 8.35. The van der Waals surface area contributed by atoms with Crippen molar-refractivity contribution in [3.05, 3.63) is 78.0 Å². The van der Waals surface area contributed by atoms with Gasteiger partial charge in [-0.1, -0.05) is 48.5 Å². The molecule has 1 fully saturated rings. The molecule has 3 aromatic rings. The van der Waals surface area contributed by atoms with Gasteiger partial charge in [0.05, 0.1) is 11.4 Å². The third kappa shape index (κ3) is 3.85. The average molecular weight is 388 g/mol. The molecule has 1 saturated heterocycles. The minimum atomic E-state index is 0.00839. The van der Waals surface area contributed by atoms with Gasteiger partial charge in [0.1, 0.15) is 0 Å². The summed E-state index contributed by atoms with van der Waals surface area (Å²) in [6.45, 7) is 8.75. The molecule has 4 heteroatoms. The van der Waals surface area contributed by atoms with Gasteiger partial charge >= 0.3 is 0 Å². The highest BCUT2D eigenvalue weighted by Crippen LogP contribution is 2.30. The predicted molar refractivity (Wildman–Crippen MR) is 120 cm³/mol. The first kappa shape index (κ1) is 19.5. The van der Waals surface area contributed by atoms with Crippen molar-refractivity contribution in [1.82, 2.24) is 14.4 Å². The summed E-state index contributed by atoms with van der Waals surface area (Å²) in [5, 5.41) is 1.20. The minimum absolute atomic E-state index is 0.00839. The molecule has 29 heavy (non-hydrogen) atoms.